The summed E-state index contributed by atoms with van der Waals surface area (Å²) in [6.45, 7) is 11.9. The zero-order chi connectivity index (χ0) is 47.0. The van der Waals surface area contributed by atoms with Gasteiger partial charge in [0.25, 0.3) is 0 Å². The van der Waals surface area contributed by atoms with E-state index in [4.69, 9.17) is 34.6 Å². The highest BCUT2D eigenvalue weighted by Crippen LogP contribution is 2.35. The first kappa shape index (κ1) is 52.6. The Labute approximate surface area is 364 Å². The fraction of sp³-hybridized carbons (Fsp3) is 0.487. The van der Waals surface area contributed by atoms with Crippen molar-refractivity contribution in [2.45, 2.75) is 84.6 Å². The van der Waals surface area contributed by atoms with Crippen molar-refractivity contribution in [1.82, 2.24) is 24.9 Å². The summed E-state index contributed by atoms with van der Waals surface area (Å²) in [5.41, 5.74) is 12.4. The third-order valence-electron chi connectivity index (χ3n) is 8.15. The molecule has 0 unspecified atom stereocenters. The fourth-order valence-corrected chi connectivity index (χ4v) is 5.88. The number of hydrogen-bond acceptors (Lipinski definition) is 20. The molecular weight excluding hydrogens is 852 g/mol. The number of nitrogen functional groups attached to an aromatic ring is 2. The van der Waals surface area contributed by atoms with Crippen molar-refractivity contribution in [3.63, 3.8) is 0 Å². The van der Waals surface area contributed by atoms with Crippen LogP contribution in [-0.4, -0.2) is 95.9 Å². The Morgan fingerprint density at radius 3 is 1.87 bits per heavy atom. The number of benzene rings is 1. The van der Waals surface area contributed by atoms with Crippen LogP contribution in [0.5, 0.6) is 17.9 Å². The Hall–Kier alpha value is -6.56. The largest absolute Gasteiger partial charge is 0.465 e. The third-order valence-corrected chi connectivity index (χ3v) is 9.38. The number of carbonyl (C=O) groups excluding carboxylic acids is 1. The van der Waals surface area contributed by atoms with Crippen LogP contribution in [0.3, 0.4) is 0 Å². The van der Waals surface area contributed by atoms with Gasteiger partial charge in [-0.25, -0.2) is 0 Å². The van der Waals surface area contributed by atoms with Gasteiger partial charge in [0.2, 0.25) is 17.5 Å². The van der Waals surface area contributed by atoms with Gasteiger partial charge < -0.3 is 39.5 Å². The number of aromatic nitrogens is 5. The van der Waals surface area contributed by atoms with Crippen molar-refractivity contribution in [2.75, 3.05) is 63.1 Å². The minimum atomic E-state index is -4.35. The molecule has 4 heterocycles. The molecule has 4 N–H and O–H groups in total. The highest BCUT2D eigenvalue weighted by atomic mass is 32.2. The first-order valence-corrected chi connectivity index (χ1v) is 21.2. The zero-order valence-electron chi connectivity index (χ0n) is 36.2. The number of halogens is 1. The molecule has 24 heteroatoms. The van der Waals surface area contributed by atoms with Crippen LogP contribution < -0.4 is 30.0 Å². The first-order valence-electron chi connectivity index (χ1n) is 19.8. The van der Waals surface area contributed by atoms with Crippen molar-refractivity contribution in [3.8, 4) is 17.9 Å². The van der Waals surface area contributed by atoms with E-state index in [1.165, 1.54) is 29.9 Å². The van der Waals surface area contributed by atoms with Crippen molar-refractivity contribution >= 4 is 44.9 Å². The SMILES string of the molecule is C1CCOC1.CCCCOc1nc(N)c([N+](=O)[O-])c(N(CC(=O)OCC)Cc2ccc(C)nc2)n1.CCCCOc1nc(N)c([N+](=O)[O-])c(OS(=O)(=O)c2ccc(C)cc2)n1.CF. The van der Waals surface area contributed by atoms with E-state index in [9.17, 15) is 37.8 Å². The number of ether oxygens (including phenoxy) is 4. The summed E-state index contributed by atoms with van der Waals surface area (Å²) in [6, 6.07) is 9.01. The molecule has 5 rings (SSSR count). The summed E-state index contributed by atoms with van der Waals surface area (Å²) in [4.78, 5) is 54.4. The molecule has 0 amide bonds. The molecule has 0 spiro atoms. The van der Waals surface area contributed by atoms with Crippen LogP contribution in [0.2, 0.25) is 0 Å². The molecule has 63 heavy (non-hydrogen) atoms. The molecular formula is C39H55FN10O12S. The van der Waals surface area contributed by atoms with Gasteiger partial charge in [-0.05, 0) is 70.2 Å². The number of esters is 1. The van der Waals surface area contributed by atoms with Crippen molar-refractivity contribution < 1.29 is 50.6 Å². The smallest absolute Gasteiger partial charge is 0.374 e. The number of carbonyl (C=O) groups is 1. The molecule has 22 nitrogen and oxygen atoms in total. The van der Waals surface area contributed by atoms with Crippen LogP contribution >= 0.6 is 0 Å². The molecule has 1 aliphatic rings. The summed E-state index contributed by atoms with van der Waals surface area (Å²) in [5.74, 6) is -2.36. The average molecular weight is 907 g/mol. The monoisotopic (exact) mass is 906 g/mol. The first-order chi connectivity index (χ1) is 30.1. The number of unbranched alkanes of at least 4 members (excludes halogenated alkanes) is 2. The standard InChI is InChI=1S/C19H26N6O5.C15H18N4O6S.C4H8O.CH3F/c1-4-6-9-30-19-22-17(20)16(25(27)28)18(23-19)24(12-15(26)29-5-2)11-14-8-7-13(3)21-10-14;1-3-4-9-24-15-17-13(16)12(19(20)21)14(18-15)25-26(22,23)11-7-5-10(2)6-8-11;1-2-4-5-3-1;1-2/h7-8,10H,4-6,9,11-12H2,1-3H3,(H2,20,22,23);5-8H,3-4,9H2,1-2H3,(H2,16,17,18);1-4H2;1H3. The van der Waals surface area contributed by atoms with Crippen molar-refractivity contribution in [1.29, 1.82) is 0 Å². The molecule has 0 bridgehead atoms. The normalized spacial score (nSPS) is 11.6. The predicted octanol–water partition coefficient (Wildman–Crippen LogP) is 6.02. The van der Waals surface area contributed by atoms with Gasteiger partial charge in [-0.3, -0.25) is 34.4 Å². The van der Waals surface area contributed by atoms with Crippen LogP contribution in [0.25, 0.3) is 0 Å². The highest BCUT2D eigenvalue weighted by molar-refractivity contribution is 7.87. The van der Waals surface area contributed by atoms with E-state index in [-0.39, 0.29) is 54.9 Å². The van der Waals surface area contributed by atoms with Crippen LogP contribution in [0, 0.1) is 34.1 Å². The maximum absolute atomic E-state index is 12.4. The van der Waals surface area contributed by atoms with E-state index in [2.05, 4.69) is 24.9 Å². The van der Waals surface area contributed by atoms with Gasteiger partial charge in [0.05, 0.1) is 36.8 Å². The maximum Gasteiger partial charge on any atom is 0.374 e. The zero-order valence-corrected chi connectivity index (χ0v) is 37.0. The number of aryl methyl sites for hydroxylation is 2. The van der Waals surface area contributed by atoms with E-state index in [1.54, 1.807) is 38.2 Å². The number of hydrogen-bond donors (Lipinski definition) is 2. The van der Waals surface area contributed by atoms with Gasteiger partial charge in [-0.15, -0.1) is 0 Å². The topological polar surface area (TPSA) is 303 Å². The molecule has 4 aromatic rings. The Morgan fingerprint density at radius 1 is 0.841 bits per heavy atom. The molecule has 0 saturated carbocycles. The highest BCUT2D eigenvalue weighted by Gasteiger charge is 2.31. The molecule has 1 aliphatic heterocycles. The lowest BCUT2D eigenvalue weighted by Crippen LogP contribution is -2.32. The molecule has 1 fully saturated rings. The van der Waals surface area contributed by atoms with Gasteiger partial charge >= 0.3 is 45.4 Å². The van der Waals surface area contributed by atoms with Crippen molar-refractivity contribution in [2.24, 2.45) is 0 Å². The van der Waals surface area contributed by atoms with Crippen LogP contribution in [0.1, 0.15) is 76.1 Å². The molecule has 1 aromatic carbocycles. The van der Waals surface area contributed by atoms with Gasteiger partial charge in [-0.2, -0.15) is 28.4 Å². The van der Waals surface area contributed by atoms with Crippen LogP contribution in [-0.2, 0) is 30.9 Å². The maximum atomic E-state index is 12.4. The fourth-order valence-electron chi connectivity index (χ4n) is 4.99. The third kappa shape index (κ3) is 17.8. The number of nitro groups is 2. The van der Waals surface area contributed by atoms with Gasteiger partial charge in [0.1, 0.15) is 11.4 Å². The predicted molar refractivity (Wildman–Crippen MR) is 230 cm³/mol. The number of anilines is 3. The van der Waals surface area contributed by atoms with Crippen molar-refractivity contribution in [3.05, 3.63) is 79.6 Å². The number of rotatable bonds is 19. The van der Waals surface area contributed by atoms with Gasteiger partial charge in [-0.1, -0.05) is 50.5 Å². The van der Waals surface area contributed by atoms with E-state index < -0.39 is 49.0 Å². The van der Waals surface area contributed by atoms with E-state index in [0.29, 0.717) is 20.2 Å². The lowest BCUT2D eigenvalue weighted by Gasteiger charge is -2.23. The van der Waals surface area contributed by atoms with Gasteiger partial charge in [0.15, 0.2) is 0 Å². The molecule has 1 saturated heterocycles. The Balaban J connectivity index is 0.000000378. The second-order valence-electron chi connectivity index (χ2n) is 13.2. The number of nitrogens with two attached hydrogens (primary N) is 2. The van der Waals surface area contributed by atoms with E-state index >= 15 is 0 Å². The van der Waals surface area contributed by atoms with E-state index in [1.807, 2.05) is 26.8 Å². The molecule has 3 aromatic heterocycles. The quantitative estimate of drug-likeness (QED) is 0.0357. The van der Waals surface area contributed by atoms with Crippen LogP contribution in [0.15, 0.2) is 47.5 Å². The van der Waals surface area contributed by atoms with E-state index in [0.717, 1.165) is 49.3 Å². The minimum absolute atomic E-state index is 0.0857. The lowest BCUT2D eigenvalue weighted by atomic mass is 10.2. The molecule has 0 atom stereocenters. The van der Waals surface area contributed by atoms with Crippen LogP contribution in [0.4, 0.5) is 33.2 Å². The number of nitrogens with zero attached hydrogens (tertiary/aromatic N) is 8. The number of alkyl halides is 1. The summed E-state index contributed by atoms with van der Waals surface area (Å²) < 4.78 is 59.8. The summed E-state index contributed by atoms with van der Waals surface area (Å²) in [7, 11) is -3.85. The molecule has 0 radical (unpaired) electrons. The Kier molecular flexibility index (Phi) is 22.9. The Morgan fingerprint density at radius 2 is 1.40 bits per heavy atom. The minimum Gasteiger partial charge on any atom is -0.465 e. The summed E-state index contributed by atoms with van der Waals surface area (Å²) >= 11 is 0. The molecule has 346 valence electrons. The Bertz CT molecular complexity index is 2160. The average Bonchev–Trinajstić information content (AvgIpc) is 3.83. The number of pyridine rings is 1. The lowest BCUT2D eigenvalue weighted by molar-refractivity contribution is -0.385. The second-order valence-corrected chi connectivity index (χ2v) is 14.7. The van der Waals surface area contributed by atoms with Gasteiger partial charge in [0, 0.05) is 31.6 Å². The molecule has 0 aliphatic carbocycles. The second kappa shape index (κ2) is 27.4. The summed E-state index contributed by atoms with van der Waals surface area (Å²) in [6.07, 6.45) is 7.37. The summed E-state index contributed by atoms with van der Waals surface area (Å²) in [5, 5.41) is 22.9.